The molecule has 0 aromatic carbocycles. The zero-order valence-corrected chi connectivity index (χ0v) is 18.7. The molecule has 8 heteroatoms. The number of ether oxygens (including phenoxy) is 1. The predicted octanol–water partition coefficient (Wildman–Crippen LogP) is 3.74. The van der Waals surface area contributed by atoms with Gasteiger partial charge in [-0.2, -0.15) is 0 Å². The first-order chi connectivity index (χ1) is 14.8. The molecule has 32 heavy (non-hydrogen) atoms. The molecule has 3 saturated carbocycles. The van der Waals surface area contributed by atoms with E-state index in [1.807, 2.05) is 0 Å². The van der Waals surface area contributed by atoms with E-state index in [9.17, 15) is 28.3 Å². The summed E-state index contributed by atoms with van der Waals surface area (Å²) in [6.45, 7) is 4.63. The zero-order chi connectivity index (χ0) is 23.9. The van der Waals surface area contributed by atoms with Gasteiger partial charge in [-0.1, -0.05) is 19.9 Å². The SMILES string of the molecule is CC(=O)O[C@]1(C(=O)CF)[C@@H](C)C[C@H]2[C@@H]3CCC4=C(F)C(=O)C=C[C@]4(C)[C@@]3(F)[C@@H](O)C[C@@]21C. The first kappa shape index (κ1) is 23.2. The summed E-state index contributed by atoms with van der Waals surface area (Å²) in [5.74, 6) is -5.34. The van der Waals surface area contributed by atoms with Gasteiger partial charge in [-0.15, -0.1) is 0 Å². The summed E-state index contributed by atoms with van der Waals surface area (Å²) in [5, 5.41) is 11.3. The van der Waals surface area contributed by atoms with Crippen LogP contribution in [0.4, 0.5) is 13.2 Å². The van der Waals surface area contributed by atoms with E-state index < -0.39 is 76.0 Å². The van der Waals surface area contributed by atoms with Crippen molar-refractivity contribution in [1.29, 1.82) is 0 Å². The lowest BCUT2D eigenvalue weighted by molar-refractivity contribution is -0.227. The van der Waals surface area contributed by atoms with E-state index in [0.717, 1.165) is 13.0 Å². The lowest BCUT2D eigenvalue weighted by Crippen LogP contribution is -2.70. The summed E-state index contributed by atoms with van der Waals surface area (Å²) in [6, 6.07) is 0. The Kier molecular flexibility index (Phi) is 5.09. The number of halogens is 3. The molecule has 0 unspecified atom stereocenters. The van der Waals surface area contributed by atoms with Crippen molar-refractivity contribution in [2.75, 3.05) is 6.67 Å². The number of rotatable bonds is 3. The van der Waals surface area contributed by atoms with Gasteiger partial charge in [0.2, 0.25) is 11.6 Å². The molecule has 0 aromatic heterocycles. The van der Waals surface area contributed by atoms with Gasteiger partial charge in [0.05, 0.1) is 6.10 Å². The van der Waals surface area contributed by atoms with Crippen LogP contribution in [0.15, 0.2) is 23.6 Å². The molecule has 0 saturated heterocycles. The molecule has 0 bridgehead atoms. The van der Waals surface area contributed by atoms with Crippen LogP contribution in [-0.4, -0.2) is 46.7 Å². The lowest BCUT2D eigenvalue weighted by atomic mass is 9.44. The second-order valence-electron chi connectivity index (χ2n) is 10.4. The van der Waals surface area contributed by atoms with Crippen molar-refractivity contribution in [2.45, 2.75) is 70.8 Å². The number of Topliss-reactive ketones (excluding diaryl/α,β-unsaturated/α-hetero) is 1. The smallest absolute Gasteiger partial charge is 0.303 e. The Hall–Kier alpha value is -1.96. The predicted molar refractivity (Wildman–Crippen MR) is 108 cm³/mol. The van der Waals surface area contributed by atoms with E-state index in [1.165, 1.54) is 13.0 Å². The molecule has 4 aliphatic rings. The number of carbonyl (C=O) groups is 3. The number of hydrogen-bond acceptors (Lipinski definition) is 5. The summed E-state index contributed by atoms with van der Waals surface area (Å²) in [4.78, 5) is 36.8. The fourth-order valence-electron chi connectivity index (χ4n) is 7.80. The average Bonchev–Trinajstić information content (AvgIpc) is 2.93. The topological polar surface area (TPSA) is 80.7 Å². The maximum atomic E-state index is 17.1. The van der Waals surface area contributed by atoms with E-state index in [4.69, 9.17) is 4.74 Å². The molecule has 5 nitrogen and oxygen atoms in total. The van der Waals surface area contributed by atoms with Crippen LogP contribution in [0, 0.1) is 28.6 Å². The summed E-state index contributed by atoms with van der Waals surface area (Å²) < 4.78 is 51.1. The second-order valence-corrected chi connectivity index (χ2v) is 10.4. The third kappa shape index (κ3) is 2.47. The normalized spacial score (nSPS) is 47.6. The molecular weight excluding hydrogens is 425 g/mol. The quantitative estimate of drug-likeness (QED) is 0.657. The highest BCUT2D eigenvalue weighted by atomic mass is 19.1. The van der Waals surface area contributed by atoms with Gasteiger partial charge >= 0.3 is 5.97 Å². The number of esters is 1. The minimum Gasteiger partial charge on any atom is -0.450 e. The van der Waals surface area contributed by atoms with Crippen LogP contribution in [0.3, 0.4) is 0 Å². The molecule has 176 valence electrons. The van der Waals surface area contributed by atoms with E-state index in [0.29, 0.717) is 6.42 Å². The lowest BCUT2D eigenvalue weighted by Gasteiger charge is -2.62. The summed E-state index contributed by atoms with van der Waals surface area (Å²) in [5.41, 5.74) is -6.81. The number of fused-ring (bicyclic) bond motifs is 5. The second kappa shape index (κ2) is 7.02. The molecule has 0 heterocycles. The summed E-state index contributed by atoms with van der Waals surface area (Å²) in [6.07, 6.45) is 1.01. The molecule has 0 aliphatic heterocycles. The van der Waals surface area contributed by atoms with Gasteiger partial charge in [0.15, 0.2) is 23.8 Å². The molecule has 3 fully saturated rings. The largest absolute Gasteiger partial charge is 0.450 e. The van der Waals surface area contributed by atoms with Gasteiger partial charge in [0, 0.05) is 29.6 Å². The van der Waals surface area contributed by atoms with E-state index in [1.54, 1.807) is 13.8 Å². The van der Waals surface area contributed by atoms with E-state index in [-0.39, 0.29) is 24.8 Å². The van der Waals surface area contributed by atoms with E-state index >= 15 is 4.39 Å². The molecule has 1 N–H and O–H groups in total. The van der Waals surface area contributed by atoms with Gasteiger partial charge in [-0.05, 0) is 50.2 Å². The Morgan fingerprint density at radius 1 is 1.28 bits per heavy atom. The number of carbonyl (C=O) groups excluding carboxylic acids is 3. The van der Waals surface area contributed by atoms with Crippen LogP contribution in [0.25, 0.3) is 0 Å². The Morgan fingerprint density at radius 2 is 1.94 bits per heavy atom. The monoisotopic (exact) mass is 454 g/mol. The molecular formula is C24H29F3O5. The number of alkyl halides is 2. The van der Waals surface area contributed by atoms with Crippen LogP contribution >= 0.6 is 0 Å². The molecule has 0 amide bonds. The van der Waals surface area contributed by atoms with Crippen molar-refractivity contribution in [3.8, 4) is 0 Å². The number of aliphatic hydroxyl groups is 1. The highest BCUT2D eigenvalue weighted by Gasteiger charge is 2.77. The molecule has 0 aromatic rings. The fraction of sp³-hybridized carbons (Fsp3) is 0.708. The van der Waals surface area contributed by atoms with Crippen LogP contribution < -0.4 is 0 Å². The van der Waals surface area contributed by atoms with Gasteiger partial charge < -0.3 is 9.84 Å². The minimum atomic E-state index is -2.30. The Balaban J connectivity index is 1.88. The van der Waals surface area contributed by atoms with Crippen molar-refractivity contribution >= 4 is 17.5 Å². The molecule has 4 rings (SSSR count). The highest BCUT2D eigenvalue weighted by Crippen LogP contribution is 2.71. The minimum absolute atomic E-state index is 0.0449. The molecule has 8 atom stereocenters. The van der Waals surface area contributed by atoms with Crippen molar-refractivity contribution in [2.24, 2.45) is 28.6 Å². The standard InChI is InChI=1S/C24H29F3O5/c1-12-9-16-14-5-6-15-20(26)17(29)7-8-21(15,3)23(14,27)18(30)10-22(16,4)24(12,19(31)11-25)32-13(2)28/h7-8,12,14,16,18,30H,5-6,9-11H2,1-4H3/t12-,14-,16-,18-,21-,22-,23-,24-/m0/s1. The third-order valence-electron chi connectivity index (χ3n) is 9.11. The van der Waals surface area contributed by atoms with Gasteiger partial charge in [0.25, 0.3) is 0 Å². The highest BCUT2D eigenvalue weighted by molar-refractivity contribution is 6.04. The fourth-order valence-corrected chi connectivity index (χ4v) is 7.80. The van der Waals surface area contributed by atoms with Crippen molar-refractivity contribution < 1.29 is 37.4 Å². The number of hydrogen-bond donors (Lipinski definition) is 1. The van der Waals surface area contributed by atoms with Gasteiger partial charge in [0.1, 0.15) is 0 Å². The van der Waals surface area contributed by atoms with Crippen LogP contribution in [0.2, 0.25) is 0 Å². The van der Waals surface area contributed by atoms with Crippen molar-refractivity contribution in [3.63, 3.8) is 0 Å². The van der Waals surface area contributed by atoms with Gasteiger partial charge in [-0.3, -0.25) is 14.4 Å². The first-order valence-corrected chi connectivity index (χ1v) is 11.1. The number of allylic oxidation sites excluding steroid dienone is 4. The summed E-state index contributed by atoms with van der Waals surface area (Å²) >= 11 is 0. The molecule has 0 spiro atoms. The van der Waals surface area contributed by atoms with E-state index in [2.05, 4.69) is 0 Å². The zero-order valence-electron chi connectivity index (χ0n) is 18.7. The average molecular weight is 454 g/mol. The van der Waals surface area contributed by atoms with Crippen molar-refractivity contribution in [1.82, 2.24) is 0 Å². The number of ketones is 2. The third-order valence-corrected chi connectivity index (χ3v) is 9.11. The van der Waals surface area contributed by atoms with Crippen molar-refractivity contribution in [3.05, 3.63) is 23.6 Å². The summed E-state index contributed by atoms with van der Waals surface area (Å²) in [7, 11) is 0. The maximum Gasteiger partial charge on any atom is 0.303 e. The molecule has 4 aliphatic carbocycles. The van der Waals surface area contributed by atoms with Gasteiger partial charge in [-0.25, -0.2) is 13.2 Å². The maximum absolute atomic E-state index is 17.1. The Morgan fingerprint density at radius 3 is 2.53 bits per heavy atom. The Bertz CT molecular complexity index is 959. The molecule has 0 radical (unpaired) electrons. The van der Waals surface area contributed by atoms with Crippen LogP contribution in [-0.2, 0) is 19.1 Å². The van der Waals surface area contributed by atoms with Crippen LogP contribution in [0.5, 0.6) is 0 Å². The number of aliphatic hydroxyl groups excluding tert-OH is 1. The first-order valence-electron chi connectivity index (χ1n) is 11.1. The van der Waals surface area contributed by atoms with Crippen LogP contribution in [0.1, 0.15) is 53.4 Å². The Labute approximate surface area is 185 Å².